The van der Waals surface area contributed by atoms with Crippen molar-refractivity contribution < 1.29 is 4.42 Å². The predicted octanol–water partition coefficient (Wildman–Crippen LogP) is 3.41. The van der Waals surface area contributed by atoms with Crippen molar-refractivity contribution in [3.8, 4) is 0 Å². The summed E-state index contributed by atoms with van der Waals surface area (Å²) < 4.78 is 6.71. The van der Waals surface area contributed by atoms with Gasteiger partial charge in [-0.15, -0.1) is 0 Å². The quantitative estimate of drug-likeness (QED) is 0.603. The van der Waals surface area contributed by atoms with E-state index in [-0.39, 0.29) is 0 Å². The molecular weight excluding hydrogens is 263 g/mol. The lowest BCUT2D eigenvalue weighted by Gasteiger charge is -1.86. The maximum atomic E-state index is 5.60. The summed E-state index contributed by atoms with van der Waals surface area (Å²) in [7, 11) is 0. The van der Waals surface area contributed by atoms with Gasteiger partial charge in [-0.1, -0.05) is 40.8 Å². The van der Waals surface area contributed by atoms with Crippen LogP contribution in [0.3, 0.4) is 0 Å². The Bertz CT molecular complexity index is 345. The van der Waals surface area contributed by atoms with Gasteiger partial charge >= 0.3 is 0 Å². The molecule has 0 saturated heterocycles. The Morgan fingerprint density at radius 2 is 2.08 bits per heavy atom. The van der Waals surface area contributed by atoms with Gasteiger partial charge in [-0.25, -0.2) is 0 Å². The Morgan fingerprint density at radius 3 is 2.83 bits per heavy atom. The van der Waals surface area contributed by atoms with Gasteiger partial charge in [0.05, 0.1) is 0 Å². The number of benzene rings is 1. The van der Waals surface area contributed by atoms with Crippen molar-refractivity contribution in [3.05, 3.63) is 36.1 Å². The molecule has 0 spiro atoms. The molecule has 0 unspecified atom stereocenters. The normalized spacial score (nSPS) is 10.8. The standard InChI is InChI=1S/C10H9IO/c11-6-5-9-7-8-3-1-2-4-10(8)12-9/h1-4,7H,5-6H2. The maximum Gasteiger partial charge on any atom is 0.134 e. The number of furan rings is 1. The molecule has 0 N–H and O–H groups in total. The number of alkyl halides is 1. The summed E-state index contributed by atoms with van der Waals surface area (Å²) in [6.45, 7) is 0. The lowest BCUT2D eigenvalue weighted by atomic mass is 10.2. The van der Waals surface area contributed by atoms with Gasteiger partial charge < -0.3 is 4.42 Å². The van der Waals surface area contributed by atoms with Crippen molar-refractivity contribution in [2.75, 3.05) is 4.43 Å². The molecule has 1 aromatic carbocycles. The fourth-order valence-electron chi connectivity index (χ4n) is 1.25. The molecule has 1 nitrogen and oxygen atoms in total. The molecule has 62 valence electrons. The monoisotopic (exact) mass is 272 g/mol. The molecule has 0 amide bonds. The van der Waals surface area contributed by atoms with E-state index in [2.05, 4.69) is 34.7 Å². The molecule has 1 aromatic heterocycles. The predicted molar refractivity (Wildman–Crippen MR) is 58.8 cm³/mol. The summed E-state index contributed by atoms with van der Waals surface area (Å²) in [6.07, 6.45) is 1.02. The van der Waals surface area contributed by atoms with Gasteiger partial charge in [0, 0.05) is 16.2 Å². The second-order valence-electron chi connectivity index (χ2n) is 2.69. The van der Waals surface area contributed by atoms with Gasteiger partial charge in [0.25, 0.3) is 0 Å². The summed E-state index contributed by atoms with van der Waals surface area (Å²) in [5.74, 6) is 1.09. The number of hydrogen-bond donors (Lipinski definition) is 0. The van der Waals surface area contributed by atoms with Crippen LogP contribution in [0.15, 0.2) is 34.7 Å². The highest BCUT2D eigenvalue weighted by Crippen LogP contribution is 2.19. The van der Waals surface area contributed by atoms with Gasteiger partial charge in [0.2, 0.25) is 0 Å². The lowest BCUT2D eigenvalue weighted by Crippen LogP contribution is -1.78. The summed E-state index contributed by atoms with van der Waals surface area (Å²) >= 11 is 2.36. The number of aryl methyl sites for hydroxylation is 1. The minimum absolute atomic E-state index is 0.998. The van der Waals surface area contributed by atoms with Crippen molar-refractivity contribution >= 4 is 33.6 Å². The molecule has 0 aliphatic rings. The summed E-state index contributed by atoms with van der Waals surface area (Å²) in [5.41, 5.74) is 0.998. The van der Waals surface area contributed by atoms with Crippen molar-refractivity contribution in [3.63, 3.8) is 0 Å². The summed E-state index contributed by atoms with van der Waals surface area (Å²) in [4.78, 5) is 0. The van der Waals surface area contributed by atoms with Crippen LogP contribution < -0.4 is 0 Å². The van der Waals surface area contributed by atoms with E-state index >= 15 is 0 Å². The van der Waals surface area contributed by atoms with Crippen molar-refractivity contribution in [1.29, 1.82) is 0 Å². The third-order valence-corrected chi connectivity index (χ3v) is 2.36. The van der Waals surface area contributed by atoms with Crippen molar-refractivity contribution in [1.82, 2.24) is 0 Å². The zero-order chi connectivity index (χ0) is 8.39. The van der Waals surface area contributed by atoms with E-state index in [0.717, 1.165) is 22.2 Å². The van der Waals surface area contributed by atoms with E-state index < -0.39 is 0 Å². The third-order valence-electron chi connectivity index (χ3n) is 1.82. The van der Waals surface area contributed by atoms with Crippen molar-refractivity contribution in [2.45, 2.75) is 6.42 Å². The van der Waals surface area contributed by atoms with Crippen LogP contribution >= 0.6 is 22.6 Å². The first-order valence-corrected chi connectivity index (χ1v) is 5.46. The lowest BCUT2D eigenvalue weighted by molar-refractivity contribution is 0.559. The second kappa shape index (κ2) is 3.47. The fraction of sp³-hybridized carbons (Fsp3) is 0.200. The topological polar surface area (TPSA) is 13.1 Å². The van der Waals surface area contributed by atoms with Crippen LogP contribution in [0, 0.1) is 0 Å². The highest BCUT2D eigenvalue weighted by molar-refractivity contribution is 14.1. The molecule has 12 heavy (non-hydrogen) atoms. The van der Waals surface area contributed by atoms with Crippen LogP contribution in [-0.4, -0.2) is 4.43 Å². The largest absolute Gasteiger partial charge is 0.461 e. The Balaban J connectivity index is 2.47. The van der Waals surface area contributed by atoms with Gasteiger partial charge in [-0.2, -0.15) is 0 Å². The average Bonchev–Trinajstić information content (AvgIpc) is 2.47. The fourth-order valence-corrected chi connectivity index (χ4v) is 1.78. The minimum Gasteiger partial charge on any atom is -0.461 e. The molecule has 0 aliphatic heterocycles. The second-order valence-corrected chi connectivity index (χ2v) is 3.77. The molecule has 0 bridgehead atoms. The van der Waals surface area contributed by atoms with Crippen LogP contribution in [0.1, 0.15) is 5.76 Å². The number of halogens is 1. The molecule has 1 heterocycles. The van der Waals surface area contributed by atoms with Crippen molar-refractivity contribution in [2.24, 2.45) is 0 Å². The van der Waals surface area contributed by atoms with Gasteiger partial charge in [0.1, 0.15) is 11.3 Å². The molecule has 0 radical (unpaired) electrons. The highest BCUT2D eigenvalue weighted by Gasteiger charge is 2.00. The molecule has 0 saturated carbocycles. The van der Waals surface area contributed by atoms with E-state index in [1.165, 1.54) is 5.39 Å². The number of hydrogen-bond acceptors (Lipinski definition) is 1. The van der Waals surface area contributed by atoms with E-state index in [1.54, 1.807) is 0 Å². The third kappa shape index (κ3) is 1.48. The number of para-hydroxylation sites is 1. The molecule has 0 atom stereocenters. The smallest absolute Gasteiger partial charge is 0.134 e. The Hall–Kier alpha value is -0.510. The van der Waals surface area contributed by atoms with E-state index in [0.29, 0.717) is 0 Å². The zero-order valence-corrected chi connectivity index (χ0v) is 8.74. The first-order chi connectivity index (χ1) is 5.90. The minimum atomic E-state index is 0.998. The Kier molecular flexibility index (Phi) is 2.35. The zero-order valence-electron chi connectivity index (χ0n) is 6.59. The first-order valence-electron chi connectivity index (χ1n) is 3.93. The number of rotatable bonds is 2. The molecule has 2 aromatic rings. The summed E-state index contributed by atoms with van der Waals surface area (Å²) in [5, 5.41) is 1.21. The SMILES string of the molecule is ICCc1cc2ccccc2o1. The molecular formula is C10H9IO. The van der Waals surface area contributed by atoms with Gasteiger partial charge in [-0.05, 0) is 12.1 Å². The Morgan fingerprint density at radius 1 is 1.25 bits per heavy atom. The molecule has 2 rings (SSSR count). The van der Waals surface area contributed by atoms with Crippen LogP contribution in [0.5, 0.6) is 0 Å². The van der Waals surface area contributed by atoms with Crippen LogP contribution in [0.2, 0.25) is 0 Å². The van der Waals surface area contributed by atoms with E-state index in [9.17, 15) is 0 Å². The first kappa shape index (κ1) is 8.10. The van der Waals surface area contributed by atoms with Crippen LogP contribution in [0.25, 0.3) is 11.0 Å². The van der Waals surface area contributed by atoms with E-state index in [4.69, 9.17) is 4.42 Å². The highest BCUT2D eigenvalue weighted by atomic mass is 127. The van der Waals surface area contributed by atoms with Crippen LogP contribution in [-0.2, 0) is 6.42 Å². The Labute approximate surface area is 84.9 Å². The van der Waals surface area contributed by atoms with Gasteiger partial charge in [0.15, 0.2) is 0 Å². The molecule has 0 aliphatic carbocycles. The maximum absolute atomic E-state index is 5.60. The molecule has 0 fully saturated rings. The average molecular weight is 272 g/mol. The number of fused-ring (bicyclic) bond motifs is 1. The van der Waals surface area contributed by atoms with E-state index in [1.807, 2.05) is 18.2 Å². The molecule has 2 heteroatoms. The summed E-state index contributed by atoms with van der Waals surface area (Å²) in [6, 6.07) is 10.2. The van der Waals surface area contributed by atoms with Crippen LogP contribution in [0.4, 0.5) is 0 Å². The van der Waals surface area contributed by atoms with Gasteiger partial charge in [-0.3, -0.25) is 0 Å².